The van der Waals surface area contributed by atoms with E-state index in [2.05, 4.69) is 15.7 Å². The summed E-state index contributed by atoms with van der Waals surface area (Å²) in [4.78, 5) is 21.0. The standard InChI is InChI=1S/C16H26N4O3/c1-16(2,3)23-15(21)20-5-4-19-11-13(17-14(19)12-20)10-18-6-8-22-9-7-18/h11H,4-10,12H2,1-3H3. The Morgan fingerprint density at radius 3 is 2.70 bits per heavy atom. The average molecular weight is 322 g/mol. The van der Waals surface area contributed by atoms with Gasteiger partial charge in [-0.2, -0.15) is 0 Å². The lowest BCUT2D eigenvalue weighted by Gasteiger charge is -2.30. The van der Waals surface area contributed by atoms with Crippen molar-refractivity contribution in [1.82, 2.24) is 19.4 Å². The Kier molecular flexibility index (Phi) is 4.59. The third kappa shape index (κ3) is 4.23. The van der Waals surface area contributed by atoms with Gasteiger partial charge in [-0.25, -0.2) is 9.78 Å². The summed E-state index contributed by atoms with van der Waals surface area (Å²) >= 11 is 0. The SMILES string of the molecule is CC(C)(C)OC(=O)N1CCn2cc(CN3CCOCC3)nc2C1. The van der Waals surface area contributed by atoms with Crippen LogP contribution in [0.1, 0.15) is 32.3 Å². The molecule has 0 saturated carbocycles. The second-order valence-electron chi connectivity index (χ2n) is 7.13. The highest BCUT2D eigenvalue weighted by Gasteiger charge is 2.27. The molecule has 1 saturated heterocycles. The molecule has 0 radical (unpaired) electrons. The zero-order valence-electron chi connectivity index (χ0n) is 14.2. The van der Waals surface area contributed by atoms with E-state index in [1.165, 1.54) is 0 Å². The van der Waals surface area contributed by atoms with E-state index >= 15 is 0 Å². The second-order valence-corrected chi connectivity index (χ2v) is 7.13. The first-order valence-electron chi connectivity index (χ1n) is 8.24. The summed E-state index contributed by atoms with van der Waals surface area (Å²) in [5, 5.41) is 0. The number of rotatable bonds is 2. The number of carbonyl (C=O) groups excluding carboxylic acids is 1. The predicted octanol–water partition coefficient (Wildman–Crippen LogP) is 1.47. The summed E-state index contributed by atoms with van der Waals surface area (Å²) in [7, 11) is 0. The highest BCUT2D eigenvalue weighted by Crippen LogP contribution is 2.17. The molecular weight excluding hydrogens is 296 g/mol. The monoisotopic (exact) mass is 322 g/mol. The number of fused-ring (bicyclic) bond motifs is 1. The Bertz CT molecular complexity index is 558. The summed E-state index contributed by atoms with van der Waals surface area (Å²) in [5.41, 5.74) is 0.596. The first-order chi connectivity index (χ1) is 10.9. The Hall–Kier alpha value is -1.60. The van der Waals surface area contributed by atoms with Gasteiger partial charge in [-0.3, -0.25) is 9.80 Å². The molecular formula is C16H26N4O3. The Morgan fingerprint density at radius 1 is 1.26 bits per heavy atom. The van der Waals surface area contributed by atoms with Gasteiger partial charge in [0.25, 0.3) is 0 Å². The van der Waals surface area contributed by atoms with Crippen LogP contribution in [-0.4, -0.2) is 63.9 Å². The molecule has 0 bridgehead atoms. The maximum absolute atomic E-state index is 12.2. The van der Waals surface area contributed by atoms with Crippen LogP contribution in [0.25, 0.3) is 0 Å². The van der Waals surface area contributed by atoms with E-state index in [-0.39, 0.29) is 6.09 Å². The maximum atomic E-state index is 12.2. The molecule has 3 rings (SSSR count). The fourth-order valence-corrected chi connectivity index (χ4v) is 2.86. The number of aromatic nitrogens is 2. The number of hydrogen-bond acceptors (Lipinski definition) is 5. The number of ether oxygens (including phenoxy) is 2. The van der Waals surface area contributed by atoms with Gasteiger partial charge in [0.15, 0.2) is 0 Å². The van der Waals surface area contributed by atoms with Crippen LogP contribution < -0.4 is 0 Å². The first kappa shape index (κ1) is 16.3. The van der Waals surface area contributed by atoms with Gasteiger partial charge in [-0.05, 0) is 20.8 Å². The van der Waals surface area contributed by atoms with Gasteiger partial charge in [0.1, 0.15) is 11.4 Å². The summed E-state index contributed by atoms with van der Waals surface area (Å²) < 4.78 is 13.0. The number of imidazole rings is 1. The Balaban J connectivity index is 1.61. The molecule has 1 aromatic heterocycles. The van der Waals surface area contributed by atoms with Gasteiger partial charge < -0.3 is 14.0 Å². The Labute approximate surface area is 137 Å². The normalized spacial score (nSPS) is 19.5. The van der Waals surface area contributed by atoms with Gasteiger partial charge in [-0.1, -0.05) is 0 Å². The third-order valence-corrected chi connectivity index (χ3v) is 3.99. The second kappa shape index (κ2) is 6.49. The molecule has 1 aromatic rings. The zero-order chi connectivity index (χ0) is 16.4. The number of carbonyl (C=O) groups is 1. The zero-order valence-corrected chi connectivity index (χ0v) is 14.2. The van der Waals surface area contributed by atoms with Crippen molar-refractivity contribution in [3.05, 3.63) is 17.7 Å². The van der Waals surface area contributed by atoms with Crippen LogP contribution in [0.3, 0.4) is 0 Å². The van der Waals surface area contributed by atoms with Gasteiger partial charge >= 0.3 is 6.09 Å². The quantitative estimate of drug-likeness (QED) is 0.825. The summed E-state index contributed by atoms with van der Waals surface area (Å²) in [6.07, 6.45) is 1.85. The number of morpholine rings is 1. The van der Waals surface area contributed by atoms with Crippen molar-refractivity contribution in [3.63, 3.8) is 0 Å². The van der Waals surface area contributed by atoms with Crippen molar-refractivity contribution >= 4 is 6.09 Å². The minimum absolute atomic E-state index is 0.263. The fraction of sp³-hybridized carbons (Fsp3) is 0.750. The largest absolute Gasteiger partial charge is 0.444 e. The molecule has 0 aromatic carbocycles. The highest BCUT2D eigenvalue weighted by molar-refractivity contribution is 5.68. The highest BCUT2D eigenvalue weighted by atomic mass is 16.6. The summed E-state index contributed by atoms with van der Waals surface area (Å²) in [6.45, 7) is 11.9. The molecule has 2 aliphatic heterocycles. The summed E-state index contributed by atoms with van der Waals surface area (Å²) in [6, 6.07) is 0. The van der Waals surface area contributed by atoms with Crippen LogP contribution >= 0.6 is 0 Å². The van der Waals surface area contributed by atoms with Crippen molar-refractivity contribution in [1.29, 1.82) is 0 Å². The van der Waals surface area contributed by atoms with Crippen molar-refractivity contribution in [2.75, 3.05) is 32.8 Å². The topological polar surface area (TPSA) is 59.8 Å². The number of nitrogens with zero attached hydrogens (tertiary/aromatic N) is 4. The average Bonchev–Trinajstić information content (AvgIpc) is 2.87. The molecule has 1 amide bonds. The lowest BCUT2D eigenvalue weighted by Crippen LogP contribution is -2.41. The minimum atomic E-state index is -0.467. The van der Waals surface area contributed by atoms with E-state index in [0.29, 0.717) is 13.1 Å². The van der Waals surface area contributed by atoms with E-state index < -0.39 is 5.60 Å². The van der Waals surface area contributed by atoms with Crippen LogP contribution in [0.15, 0.2) is 6.20 Å². The van der Waals surface area contributed by atoms with E-state index in [1.807, 2.05) is 20.8 Å². The van der Waals surface area contributed by atoms with Crippen LogP contribution in [0.4, 0.5) is 4.79 Å². The van der Waals surface area contributed by atoms with Crippen LogP contribution in [-0.2, 0) is 29.1 Å². The minimum Gasteiger partial charge on any atom is -0.444 e. The molecule has 3 heterocycles. The maximum Gasteiger partial charge on any atom is 0.410 e. The molecule has 7 heteroatoms. The number of amides is 1. The van der Waals surface area contributed by atoms with Crippen molar-refractivity contribution in [3.8, 4) is 0 Å². The van der Waals surface area contributed by atoms with Crippen LogP contribution in [0.2, 0.25) is 0 Å². The molecule has 0 unspecified atom stereocenters. The molecule has 0 N–H and O–H groups in total. The van der Waals surface area contributed by atoms with E-state index in [0.717, 1.165) is 50.9 Å². The molecule has 23 heavy (non-hydrogen) atoms. The van der Waals surface area contributed by atoms with Crippen molar-refractivity contribution < 1.29 is 14.3 Å². The van der Waals surface area contributed by atoms with E-state index in [1.54, 1.807) is 4.90 Å². The van der Waals surface area contributed by atoms with Gasteiger partial charge in [0.05, 0.1) is 25.5 Å². The Morgan fingerprint density at radius 2 is 2.00 bits per heavy atom. The van der Waals surface area contributed by atoms with Gasteiger partial charge in [-0.15, -0.1) is 0 Å². The molecule has 0 atom stereocenters. The predicted molar refractivity (Wildman–Crippen MR) is 85.0 cm³/mol. The van der Waals surface area contributed by atoms with E-state index in [9.17, 15) is 4.79 Å². The molecule has 7 nitrogen and oxygen atoms in total. The molecule has 128 valence electrons. The lowest BCUT2D eigenvalue weighted by atomic mass is 10.2. The molecule has 2 aliphatic rings. The lowest BCUT2D eigenvalue weighted by molar-refractivity contribution is 0.0195. The summed E-state index contributed by atoms with van der Waals surface area (Å²) in [5.74, 6) is 0.936. The fourth-order valence-electron chi connectivity index (χ4n) is 2.86. The van der Waals surface area contributed by atoms with Gasteiger partial charge in [0, 0.05) is 38.9 Å². The van der Waals surface area contributed by atoms with Gasteiger partial charge in [0.2, 0.25) is 0 Å². The molecule has 1 fully saturated rings. The third-order valence-electron chi connectivity index (χ3n) is 3.99. The molecule has 0 spiro atoms. The molecule has 0 aliphatic carbocycles. The smallest absolute Gasteiger partial charge is 0.410 e. The van der Waals surface area contributed by atoms with Crippen molar-refractivity contribution in [2.24, 2.45) is 0 Å². The van der Waals surface area contributed by atoms with E-state index in [4.69, 9.17) is 14.5 Å². The van der Waals surface area contributed by atoms with Crippen LogP contribution in [0.5, 0.6) is 0 Å². The van der Waals surface area contributed by atoms with Crippen LogP contribution in [0, 0.1) is 0 Å². The number of hydrogen-bond donors (Lipinski definition) is 0. The first-order valence-corrected chi connectivity index (χ1v) is 8.24. The van der Waals surface area contributed by atoms with Crippen molar-refractivity contribution in [2.45, 2.75) is 46.0 Å².